The van der Waals surface area contributed by atoms with Crippen LogP contribution in [0.4, 0.5) is 10.5 Å². The van der Waals surface area contributed by atoms with Gasteiger partial charge >= 0.3 is 6.09 Å². The third-order valence-electron chi connectivity index (χ3n) is 4.09. The highest BCUT2D eigenvalue weighted by Crippen LogP contribution is 2.11. The second kappa shape index (κ2) is 11.3. The summed E-state index contributed by atoms with van der Waals surface area (Å²) in [5.41, 5.74) is 1.74. The maximum absolute atomic E-state index is 12.3. The first-order chi connectivity index (χ1) is 14.3. The second-order valence-electron chi connectivity index (χ2n) is 6.49. The topological polar surface area (TPSA) is 118 Å². The van der Waals surface area contributed by atoms with Crippen LogP contribution < -0.4 is 10.6 Å². The van der Waals surface area contributed by atoms with Crippen LogP contribution in [0.2, 0.25) is 0 Å². The monoisotopic (exact) mass is 434 g/mol. The number of amides is 2. The number of anilines is 1. The summed E-state index contributed by atoms with van der Waals surface area (Å²) in [5.74, 6) is -0.282. The molecule has 0 radical (unpaired) electrons. The standard InChI is InChI=1S/C20H26N4O5S/c1-3-29-20(26)23-18-9-7-17(8-10-18)19(25)22-12-5-13-24(30(2,27)28)15-16-6-4-11-21-14-16/h4,6-11,14H,3,5,12-13,15H2,1-2H3,(H,22,25)(H,23,26). The first-order valence-electron chi connectivity index (χ1n) is 9.45. The lowest BCUT2D eigenvalue weighted by Gasteiger charge is -2.20. The lowest BCUT2D eigenvalue weighted by atomic mass is 10.2. The van der Waals surface area contributed by atoms with Crippen LogP contribution in [0.15, 0.2) is 48.8 Å². The Hall–Kier alpha value is -2.98. The molecule has 10 heteroatoms. The minimum Gasteiger partial charge on any atom is -0.450 e. The van der Waals surface area contributed by atoms with Crippen molar-refractivity contribution in [1.29, 1.82) is 0 Å². The van der Waals surface area contributed by atoms with Gasteiger partial charge in [0, 0.05) is 43.3 Å². The van der Waals surface area contributed by atoms with Gasteiger partial charge < -0.3 is 10.1 Å². The number of hydrogen-bond acceptors (Lipinski definition) is 6. The predicted octanol–water partition coefficient (Wildman–Crippen LogP) is 2.23. The van der Waals surface area contributed by atoms with E-state index in [0.717, 1.165) is 11.8 Å². The molecule has 9 nitrogen and oxygen atoms in total. The van der Waals surface area contributed by atoms with Crippen molar-refractivity contribution in [3.8, 4) is 0 Å². The van der Waals surface area contributed by atoms with Crippen molar-refractivity contribution in [3.05, 3.63) is 59.9 Å². The van der Waals surface area contributed by atoms with Crippen LogP contribution in [0.5, 0.6) is 0 Å². The van der Waals surface area contributed by atoms with Gasteiger partial charge in [0.25, 0.3) is 5.91 Å². The predicted molar refractivity (Wildman–Crippen MR) is 114 cm³/mol. The maximum Gasteiger partial charge on any atom is 0.411 e. The molecule has 0 saturated heterocycles. The molecule has 0 spiro atoms. The van der Waals surface area contributed by atoms with Gasteiger partial charge in [0.05, 0.1) is 12.9 Å². The Morgan fingerprint density at radius 2 is 1.90 bits per heavy atom. The minimum atomic E-state index is -3.39. The van der Waals surface area contributed by atoms with Crippen LogP contribution >= 0.6 is 0 Å². The third-order valence-corrected chi connectivity index (χ3v) is 5.34. The van der Waals surface area contributed by atoms with Crippen molar-refractivity contribution in [2.75, 3.05) is 31.3 Å². The Kier molecular flexibility index (Phi) is 8.75. The van der Waals surface area contributed by atoms with E-state index in [1.54, 1.807) is 49.6 Å². The molecule has 0 atom stereocenters. The van der Waals surface area contributed by atoms with E-state index in [-0.39, 0.29) is 25.6 Å². The number of nitrogens with zero attached hydrogens (tertiary/aromatic N) is 2. The lowest BCUT2D eigenvalue weighted by Crippen LogP contribution is -2.33. The van der Waals surface area contributed by atoms with Gasteiger partial charge in [-0.3, -0.25) is 15.1 Å². The smallest absolute Gasteiger partial charge is 0.411 e. The van der Waals surface area contributed by atoms with E-state index in [2.05, 4.69) is 15.6 Å². The molecule has 1 heterocycles. The summed E-state index contributed by atoms with van der Waals surface area (Å²) in [6, 6.07) is 9.94. The molecule has 1 aromatic carbocycles. The number of sulfonamides is 1. The number of carbonyl (C=O) groups excluding carboxylic acids is 2. The van der Waals surface area contributed by atoms with Crippen LogP contribution in [-0.4, -0.2) is 55.7 Å². The number of nitrogens with one attached hydrogen (secondary N) is 2. The molecule has 0 fully saturated rings. The average molecular weight is 435 g/mol. The van der Waals surface area contributed by atoms with Crippen LogP contribution in [-0.2, 0) is 21.3 Å². The van der Waals surface area contributed by atoms with Crippen LogP contribution in [0.1, 0.15) is 29.3 Å². The number of ether oxygens (including phenoxy) is 1. The van der Waals surface area contributed by atoms with Gasteiger partial charge in [-0.1, -0.05) is 6.07 Å². The summed E-state index contributed by atoms with van der Waals surface area (Å²) in [4.78, 5) is 27.6. The van der Waals surface area contributed by atoms with Crippen LogP contribution in [0.25, 0.3) is 0 Å². The van der Waals surface area contributed by atoms with Gasteiger partial charge in [-0.15, -0.1) is 0 Å². The summed E-state index contributed by atoms with van der Waals surface area (Å²) in [7, 11) is -3.39. The van der Waals surface area contributed by atoms with E-state index in [1.165, 1.54) is 4.31 Å². The van der Waals surface area contributed by atoms with Crippen molar-refractivity contribution in [2.45, 2.75) is 19.9 Å². The van der Waals surface area contributed by atoms with Crippen molar-refractivity contribution in [2.24, 2.45) is 0 Å². The van der Waals surface area contributed by atoms with Gasteiger partial charge in [0.15, 0.2) is 0 Å². The molecule has 2 N–H and O–H groups in total. The number of benzene rings is 1. The quantitative estimate of drug-likeness (QED) is 0.554. The molecule has 162 valence electrons. The highest BCUT2D eigenvalue weighted by molar-refractivity contribution is 7.88. The summed E-state index contributed by atoms with van der Waals surface area (Å²) >= 11 is 0. The Balaban J connectivity index is 1.82. The maximum atomic E-state index is 12.3. The van der Waals surface area contributed by atoms with Gasteiger partial charge in [-0.25, -0.2) is 13.2 Å². The van der Waals surface area contributed by atoms with Gasteiger partial charge in [0.1, 0.15) is 0 Å². The largest absolute Gasteiger partial charge is 0.450 e. The minimum absolute atomic E-state index is 0.232. The zero-order chi connectivity index (χ0) is 22.0. The zero-order valence-electron chi connectivity index (χ0n) is 17.0. The summed E-state index contributed by atoms with van der Waals surface area (Å²) in [5, 5.41) is 5.31. The van der Waals surface area contributed by atoms with Gasteiger partial charge in [0.2, 0.25) is 10.0 Å². The van der Waals surface area contributed by atoms with Crippen LogP contribution in [0, 0.1) is 0 Å². The first kappa shape index (κ1) is 23.3. The number of pyridine rings is 1. The Morgan fingerprint density at radius 3 is 2.50 bits per heavy atom. The van der Waals surface area contributed by atoms with E-state index in [4.69, 9.17) is 4.74 Å². The Bertz CT molecular complexity index is 933. The number of aromatic nitrogens is 1. The molecule has 2 amide bonds. The summed E-state index contributed by atoms with van der Waals surface area (Å²) < 4.78 is 30.2. The van der Waals surface area contributed by atoms with Gasteiger partial charge in [-0.05, 0) is 49.2 Å². The molecule has 0 aliphatic heterocycles. The molecular weight excluding hydrogens is 408 g/mol. The fourth-order valence-electron chi connectivity index (χ4n) is 2.61. The molecule has 1 aromatic heterocycles. The SMILES string of the molecule is CCOC(=O)Nc1ccc(C(=O)NCCCN(Cc2cccnc2)S(C)(=O)=O)cc1. The summed E-state index contributed by atoms with van der Waals surface area (Å²) in [6.45, 7) is 2.80. The van der Waals surface area contributed by atoms with Gasteiger partial charge in [-0.2, -0.15) is 4.31 Å². The average Bonchev–Trinajstić information content (AvgIpc) is 2.71. The molecule has 2 rings (SSSR count). The van der Waals surface area contributed by atoms with Crippen molar-refractivity contribution < 1.29 is 22.7 Å². The van der Waals surface area contributed by atoms with E-state index in [0.29, 0.717) is 24.2 Å². The number of hydrogen-bond donors (Lipinski definition) is 2. The molecule has 0 saturated carbocycles. The normalized spacial score (nSPS) is 11.2. The zero-order valence-corrected chi connectivity index (χ0v) is 17.8. The van der Waals surface area contributed by atoms with Crippen LogP contribution in [0.3, 0.4) is 0 Å². The molecule has 0 unspecified atom stereocenters. The van der Waals surface area contributed by atoms with E-state index in [9.17, 15) is 18.0 Å². The highest BCUT2D eigenvalue weighted by Gasteiger charge is 2.17. The molecule has 0 aliphatic carbocycles. The first-order valence-corrected chi connectivity index (χ1v) is 11.3. The Labute approximate surface area is 176 Å². The fraction of sp³-hybridized carbons (Fsp3) is 0.350. The molecule has 0 bridgehead atoms. The highest BCUT2D eigenvalue weighted by atomic mass is 32.2. The fourth-order valence-corrected chi connectivity index (χ4v) is 3.45. The van der Waals surface area contributed by atoms with Crippen molar-refractivity contribution >= 4 is 27.7 Å². The molecular formula is C20H26N4O5S. The van der Waals surface area contributed by atoms with E-state index in [1.807, 2.05) is 6.07 Å². The Morgan fingerprint density at radius 1 is 1.17 bits per heavy atom. The van der Waals surface area contributed by atoms with Crippen molar-refractivity contribution in [3.63, 3.8) is 0 Å². The molecule has 2 aromatic rings. The second-order valence-corrected chi connectivity index (χ2v) is 8.47. The third kappa shape index (κ3) is 7.80. The number of carbonyl (C=O) groups is 2. The number of rotatable bonds is 10. The molecule has 30 heavy (non-hydrogen) atoms. The summed E-state index contributed by atoms with van der Waals surface area (Å²) in [6.07, 6.45) is 4.32. The lowest BCUT2D eigenvalue weighted by molar-refractivity contribution is 0.0952. The van der Waals surface area contributed by atoms with E-state index < -0.39 is 16.1 Å². The van der Waals surface area contributed by atoms with Crippen molar-refractivity contribution in [1.82, 2.24) is 14.6 Å². The van der Waals surface area contributed by atoms with E-state index >= 15 is 0 Å². The molecule has 0 aliphatic rings.